The topological polar surface area (TPSA) is 66.1 Å². The quantitative estimate of drug-likeness (QED) is 0.629. The molecule has 1 aromatic heterocycles. The Labute approximate surface area is 166 Å². The van der Waals surface area contributed by atoms with Crippen LogP contribution in [0.3, 0.4) is 0 Å². The lowest BCUT2D eigenvalue weighted by Gasteiger charge is -2.11. The molecule has 27 heavy (non-hydrogen) atoms. The van der Waals surface area contributed by atoms with E-state index in [2.05, 4.69) is 16.0 Å². The molecule has 7 heteroatoms. The minimum atomic E-state index is -0.170. The number of aromatic nitrogens is 1. The number of carbonyl (C=O) groups excluding carboxylic acids is 1. The maximum absolute atomic E-state index is 12.7. The van der Waals surface area contributed by atoms with Crippen molar-refractivity contribution in [2.45, 2.75) is 0 Å². The second-order valence-electron chi connectivity index (χ2n) is 5.97. The number of nitrogens with one attached hydrogen (secondary N) is 3. The van der Waals surface area contributed by atoms with E-state index >= 15 is 0 Å². The Bertz CT molecular complexity index is 975. The van der Waals surface area contributed by atoms with Crippen molar-refractivity contribution >= 4 is 34.5 Å². The Morgan fingerprint density at radius 3 is 2.44 bits per heavy atom. The van der Waals surface area contributed by atoms with Crippen molar-refractivity contribution < 1.29 is 4.79 Å². The largest absolute Gasteiger partial charge is 0.368 e. The minimum Gasteiger partial charge on any atom is -0.368 e. The molecule has 0 spiro atoms. The maximum atomic E-state index is 12.7. The first-order valence-electron chi connectivity index (χ1n) is 8.51. The number of thiazole rings is 1. The van der Waals surface area contributed by atoms with Crippen LogP contribution in [-0.4, -0.2) is 24.0 Å². The van der Waals surface area contributed by atoms with E-state index in [0.717, 1.165) is 35.2 Å². The molecular formula is C20H17ClN4OS. The van der Waals surface area contributed by atoms with Crippen LogP contribution < -0.4 is 16.0 Å². The van der Waals surface area contributed by atoms with Crippen molar-refractivity contribution in [3.63, 3.8) is 0 Å². The highest BCUT2D eigenvalue weighted by molar-refractivity contribution is 7.11. The highest BCUT2D eigenvalue weighted by Crippen LogP contribution is 2.27. The SMILES string of the molecule is O=C(NC(=C1NCCN1)c1nc(-c2ccc(Cl)cc2)cs1)c1ccccc1. The summed E-state index contributed by atoms with van der Waals surface area (Å²) in [5, 5.41) is 12.9. The van der Waals surface area contributed by atoms with Gasteiger partial charge in [0.2, 0.25) is 0 Å². The normalized spacial score (nSPS) is 13.0. The fraction of sp³-hybridized carbons (Fsp3) is 0.100. The van der Waals surface area contributed by atoms with Gasteiger partial charge in [-0.25, -0.2) is 4.98 Å². The van der Waals surface area contributed by atoms with Crippen molar-refractivity contribution in [2.24, 2.45) is 0 Å². The molecule has 0 bridgehead atoms. The molecule has 1 aliphatic rings. The highest BCUT2D eigenvalue weighted by atomic mass is 35.5. The summed E-state index contributed by atoms with van der Waals surface area (Å²) in [6.07, 6.45) is 0. The molecule has 0 atom stereocenters. The molecule has 1 aliphatic heterocycles. The van der Waals surface area contributed by atoms with E-state index in [9.17, 15) is 4.79 Å². The van der Waals surface area contributed by atoms with Gasteiger partial charge in [0, 0.05) is 34.6 Å². The Hall–Kier alpha value is -2.83. The Balaban J connectivity index is 1.65. The van der Waals surface area contributed by atoms with Gasteiger partial charge in [0.05, 0.1) is 5.69 Å². The van der Waals surface area contributed by atoms with E-state index in [1.807, 2.05) is 47.8 Å². The highest BCUT2D eigenvalue weighted by Gasteiger charge is 2.20. The van der Waals surface area contributed by atoms with Gasteiger partial charge in [0.15, 0.2) is 0 Å². The van der Waals surface area contributed by atoms with Crippen LogP contribution >= 0.6 is 22.9 Å². The van der Waals surface area contributed by atoms with E-state index < -0.39 is 0 Å². The van der Waals surface area contributed by atoms with Crippen molar-refractivity contribution in [1.29, 1.82) is 0 Å². The van der Waals surface area contributed by atoms with Gasteiger partial charge < -0.3 is 16.0 Å². The van der Waals surface area contributed by atoms with Crippen molar-refractivity contribution in [3.8, 4) is 11.3 Å². The monoisotopic (exact) mass is 396 g/mol. The average Bonchev–Trinajstić information content (AvgIpc) is 3.40. The maximum Gasteiger partial charge on any atom is 0.255 e. The van der Waals surface area contributed by atoms with E-state index in [1.54, 1.807) is 12.1 Å². The molecule has 2 heterocycles. The number of rotatable bonds is 4. The van der Waals surface area contributed by atoms with Crippen molar-refractivity contribution in [3.05, 3.63) is 81.4 Å². The summed E-state index contributed by atoms with van der Waals surface area (Å²) >= 11 is 7.45. The van der Waals surface area contributed by atoms with Gasteiger partial charge in [-0.2, -0.15) is 0 Å². The number of benzene rings is 2. The van der Waals surface area contributed by atoms with Gasteiger partial charge in [-0.15, -0.1) is 11.3 Å². The first-order valence-corrected chi connectivity index (χ1v) is 9.77. The number of carbonyl (C=O) groups is 1. The zero-order valence-corrected chi connectivity index (χ0v) is 15.9. The van der Waals surface area contributed by atoms with Crippen LogP contribution in [0.15, 0.2) is 65.8 Å². The van der Waals surface area contributed by atoms with Crippen LogP contribution in [0.4, 0.5) is 0 Å². The first kappa shape index (κ1) is 17.6. The van der Waals surface area contributed by atoms with Crippen LogP contribution in [-0.2, 0) is 0 Å². The van der Waals surface area contributed by atoms with Crippen LogP contribution in [0.1, 0.15) is 15.4 Å². The molecule has 3 N–H and O–H groups in total. The predicted molar refractivity (Wildman–Crippen MR) is 109 cm³/mol. The van der Waals surface area contributed by atoms with Gasteiger partial charge in [-0.05, 0) is 24.3 Å². The van der Waals surface area contributed by atoms with Crippen LogP contribution in [0.25, 0.3) is 17.0 Å². The van der Waals surface area contributed by atoms with Gasteiger partial charge in [0.1, 0.15) is 16.5 Å². The van der Waals surface area contributed by atoms with Crippen molar-refractivity contribution in [2.75, 3.05) is 13.1 Å². The standard InChI is InChI=1S/C20H17ClN4OS/c21-15-8-6-13(7-9-15)16-12-27-20(24-16)17(18-22-10-11-23-18)25-19(26)14-4-2-1-3-5-14/h1-9,12,22-23H,10-11H2,(H,25,26). The lowest BCUT2D eigenvalue weighted by Crippen LogP contribution is -2.27. The third-order valence-electron chi connectivity index (χ3n) is 4.11. The second kappa shape index (κ2) is 7.82. The van der Waals surface area contributed by atoms with E-state index in [0.29, 0.717) is 16.3 Å². The Morgan fingerprint density at radius 2 is 1.74 bits per heavy atom. The summed E-state index contributed by atoms with van der Waals surface area (Å²) in [6.45, 7) is 1.60. The third-order valence-corrected chi connectivity index (χ3v) is 5.22. The summed E-state index contributed by atoms with van der Waals surface area (Å²) in [5.74, 6) is 0.619. The van der Waals surface area contributed by atoms with Gasteiger partial charge >= 0.3 is 0 Å². The number of halogens is 1. The molecule has 2 aromatic carbocycles. The van der Waals surface area contributed by atoms with Gasteiger partial charge in [-0.1, -0.05) is 41.9 Å². The lowest BCUT2D eigenvalue weighted by atomic mass is 10.2. The molecule has 1 fully saturated rings. The molecule has 136 valence electrons. The lowest BCUT2D eigenvalue weighted by molar-refractivity contribution is 0.0973. The minimum absolute atomic E-state index is 0.170. The van der Waals surface area contributed by atoms with Gasteiger partial charge in [-0.3, -0.25) is 4.79 Å². The zero-order chi connectivity index (χ0) is 18.6. The van der Waals surface area contributed by atoms with E-state index in [4.69, 9.17) is 16.6 Å². The Kier molecular flexibility index (Phi) is 5.09. The molecular weight excluding hydrogens is 380 g/mol. The second-order valence-corrected chi connectivity index (χ2v) is 7.26. The van der Waals surface area contributed by atoms with E-state index in [-0.39, 0.29) is 5.91 Å². The number of amides is 1. The molecule has 0 unspecified atom stereocenters. The first-order chi connectivity index (χ1) is 13.2. The molecule has 3 aromatic rings. The fourth-order valence-corrected chi connectivity index (χ4v) is 3.71. The van der Waals surface area contributed by atoms with Crippen LogP contribution in [0.5, 0.6) is 0 Å². The number of nitrogens with zero attached hydrogens (tertiary/aromatic N) is 1. The number of hydrogen-bond donors (Lipinski definition) is 3. The summed E-state index contributed by atoms with van der Waals surface area (Å²) in [4.78, 5) is 17.4. The molecule has 5 nitrogen and oxygen atoms in total. The summed E-state index contributed by atoms with van der Waals surface area (Å²) in [6, 6.07) is 16.7. The summed E-state index contributed by atoms with van der Waals surface area (Å²) in [5.41, 5.74) is 3.08. The third kappa shape index (κ3) is 3.97. The molecule has 0 radical (unpaired) electrons. The number of hydrogen-bond acceptors (Lipinski definition) is 5. The van der Waals surface area contributed by atoms with Crippen molar-refractivity contribution in [1.82, 2.24) is 20.9 Å². The average molecular weight is 397 g/mol. The molecule has 0 saturated carbocycles. The molecule has 0 aliphatic carbocycles. The Morgan fingerprint density at radius 1 is 1.04 bits per heavy atom. The van der Waals surface area contributed by atoms with Gasteiger partial charge in [0.25, 0.3) is 5.91 Å². The van der Waals surface area contributed by atoms with E-state index in [1.165, 1.54) is 11.3 Å². The molecule has 1 saturated heterocycles. The van der Waals surface area contributed by atoms with Crippen LogP contribution in [0, 0.1) is 0 Å². The summed E-state index contributed by atoms with van der Waals surface area (Å²) < 4.78 is 0. The molecule has 1 amide bonds. The molecule has 4 rings (SSSR count). The zero-order valence-electron chi connectivity index (χ0n) is 14.3. The predicted octanol–water partition coefficient (Wildman–Crippen LogP) is 3.71. The smallest absolute Gasteiger partial charge is 0.255 e. The van der Waals surface area contributed by atoms with Crippen LogP contribution in [0.2, 0.25) is 5.02 Å². The summed E-state index contributed by atoms with van der Waals surface area (Å²) in [7, 11) is 0. The fourth-order valence-electron chi connectivity index (χ4n) is 2.75.